The predicted octanol–water partition coefficient (Wildman–Crippen LogP) is 2.54. The van der Waals surface area contributed by atoms with Gasteiger partial charge in [-0.2, -0.15) is 4.31 Å². The first-order valence-electron chi connectivity index (χ1n) is 11.4. The molecule has 178 valence electrons. The van der Waals surface area contributed by atoms with Gasteiger partial charge in [0.2, 0.25) is 10.0 Å². The molecule has 1 aliphatic heterocycles. The minimum absolute atomic E-state index is 0.0299. The maximum atomic E-state index is 12.7. The number of piperazine rings is 1. The molecule has 0 atom stereocenters. The Morgan fingerprint density at radius 2 is 1.68 bits per heavy atom. The highest BCUT2D eigenvalue weighted by molar-refractivity contribution is 7.89. The first-order valence-corrected chi connectivity index (χ1v) is 12.9. The van der Waals surface area contributed by atoms with E-state index in [1.165, 1.54) is 20.3 Å². The summed E-state index contributed by atoms with van der Waals surface area (Å²) in [7, 11) is -3.59. The van der Waals surface area contributed by atoms with E-state index in [0.717, 1.165) is 35.8 Å². The van der Waals surface area contributed by atoms with Crippen molar-refractivity contribution in [1.29, 1.82) is 0 Å². The molecule has 0 saturated carbocycles. The molecule has 1 amide bonds. The minimum Gasteiger partial charge on any atom is -0.464 e. The van der Waals surface area contributed by atoms with Crippen LogP contribution in [-0.4, -0.2) is 62.3 Å². The van der Waals surface area contributed by atoms with Crippen LogP contribution >= 0.6 is 0 Å². The molecule has 3 aromatic rings. The predicted molar refractivity (Wildman–Crippen MR) is 125 cm³/mol. The van der Waals surface area contributed by atoms with Crippen molar-refractivity contribution >= 4 is 32.9 Å². The van der Waals surface area contributed by atoms with Crippen LogP contribution in [-0.2, 0) is 43.6 Å². The molecule has 2 aliphatic rings. The molecule has 1 fully saturated rings. The third-order valence-corrected chi connectivity index (χ3v) is 8.44. The Labute approximate surface area is 198 Å². The van der Waals surface area contributed by atoms with Gasteiger partial charge in [-0.05, 0) is 54.7 Å². The normalized spacial score (nSPS) is 16.5. The van der Waals surface area contributed by atoms with Crippen molar-refractivity contribution in [2.75, 3.05) is 32.8 Å². The van der Waals surface area contributed by atoms with E-state index in [4.69, 9.17) is 9.15 Å². The van der Waals surface area contributed by atoms with Gasteiger partial charge in [0.15, 0.2) is 6.61 Å². The number of esters is 1. The molecule has 9 heteroatoms. The number of sulfonamides is 1. The number of carbonyl (C=O) groups excluding carboxylic acids is 2. The lowest BCUT2D eigenvalue weighted by Gasteiger charge is -2.33. The Morgan fingerprint density at radius 1 is 0.971 bits per heavy atom. The van der Waals surface area contributed by atoms with Crippen LogP contribution in [0.15, 0.2) is 58.0 Å². The van der Waals surface area contributed by atoms with E-state index in [2.05, 4.69) is 6.07 Å². The number of aryl methyl sites for hydroxylation is 2. The number of furan rings is 1. The van der Waals surface area contributed by atoms with Crippen LogP contribution in [0.5, 0.6) is 0 Å². The van der Waals surface area contributed by atoms with Crippen molar-refractivity contribution in [3.05, 3.63) is 65.4 Å². The molecule has 2 heterocycles. The number of amides is 1. The molecule has 8 nitrogen and oxygen atoms in total. The van der Waals surface area contributed by atoms with Crippen molar-refractivity contribution in [3.8, 4) is 0 Å². The molecule has 34 heavy (non-hydrogen) atoms. The fourth-order valence-corrected chi connectivity index (χ4v) is 6.09. The molecular weight excluding hydrogens is 456 g/mol. The van der Waals surface area contributed by atoms with E-state index in [0.29, 0.717) is 0 Å². The quantitative estimate of drug-likeness (QED) is 0.501. The van der Waals surface area contributed by atoms with E-state index >= 15 is 0 Å². The molecule has 5 rings (SSSR count). The molecule has 0 unspecified atom stereocenters. The summed E-state index contributed by atoms with van der Waals surface area (Å²) in [5, 5.41) is 0.916. The SMILES string of the molecule is O=C(Cc1coc2cc3c(cc12)CCC3)OCC(=O)N1CCN(S(=O)(=O)c2ccccc2)CC1. The van der Waals surface area contributed by atoms with Crippen molar-refractivity contribution in [3.63, 3.8) is 0 Å². The van der Waals surface area contributed by atoms with Crippen molar-refractivity contribution in [1.82, 2.24) is 9.21 Å². The first-order chi connectivity index (χ1) is 16.4. The van der Waals surface area contributed by atoms with Crippen LogP contribution in [0.4, 0.5) is 0 Å². The lowest BCUT2D eigenvalue weighted by Crippen LogP contribution is -2.51. The molecule has 1 saturated heterocycles. The number of benzene rings is 2. The van der Waals surface area contributed by atoms with Crippen LogP contribution in [0.1, 0.15) is 23.1 Å². The number of hydrogen-bond acceptors (Lipinski definition) is 6. The second-order valence-corrected chi connectivity index (χ2v) is 10.6. The fraction of sp³-hybridized carbons (Fsp3) is 0.360. The summed E-state index contributed by atoms with van der Waals surface area (Å²) in [6, 6.07) is 12.4. The molecule has 1 aliphatic carbocycles. The second-order valence-electron chi connectivity index (χ2n) is 8.67. The topological polar surface area (TPSA) is 97.1 Å². The molecular formula is C25H26N2O6S. The summed E-state index contributed by atoms with van der Waals surface area (Å²) in [6.45, 7) is 0.528. The largest absolute Gasteiger partial charge is 0.464 e. The Kier molecular flexibility index (Phi) is 6.14. The number of fused-ring (bicyclic) bond motifs is 2. The van der Waals surface area contributed by atoms with Gasteiger partial charge in [0, 0.05) is 37.1 Å². The highest BCUT2D eigenvalue weighted by atomic mass is 32.2. The maximum Gasteiger partial charge on any atom is 0.310 e. The van der Waals surface area contributed by atoms with Crippen LogP contribution in [0.2, 0.25) is 0 Å². The zero-order chi connectivity index (χ0) is 23.7. The van der Waals surface area contributed by atoms with Crippen LogP contribution in [0, 0.1) is 0 Å². The number of ether oxygens (including phenoxy) is 1. The summed E-state index contributed by atoms with van der Waals surface area (Å²) < 4.78 is 37.7. The summed E-state index contributed by atoms with van der Waals surface area (Å²) >= 11 is 0. The first kappa shape index (κ1) is 22.6. The molecule has 1 aromatic heterocycles. The van der Waals surface area contributed by atoms with Gasteiger partial charge in [-0.15, -0.1) is 0 Å². The van der Waals surface area contributed by atoms with Crippen LogP contribution in [0.25, 0.3) is 11.0 Å². The van der Waals surface area contributed by atoms with Gasteiger partial charge in [-0.25, -0.2) is 8.42 Å². The Bertz CT molecular complexity index is 1320. The summed E-state index contributed by atoms with van der Waals surface area (Å²) in [6.07, 6.45) is 4.83. The van der Waals surface area contributed by atoms with Gasteiger partial charge < -0.3 is 14.1 Å². The third-order valence-electron chi connectivity index (χ3n) is 6.53. The third kappa shape index (κ3) is 4.45. The Balaban J connectivity index is 1.13. The van der Waals surface area contributed by atoms with Crippen molar-refractivity contribution < 1.29 is 27.2 Å². The maximum absolute atomic E-state index is 12.7. The van der Waals surface area contributed by atoms with Crippen LogP contribution in [0.3, 0.4) is 0 Å². The number of rotatable bonds is 6. The van der Waals surface area contributed by atoms with Gasteiger partial charge in [0.1, 0.15) is 5.58 Å². The number of carbonyl (C=O) groups is 2. The Morgan fingerprint density at radius 3 is 2.41 bits per heavy atom. The molecule has 2 aromatic carbocycles. The van der Waals surface area contributed by atoms with Gasteiger partial charge in [-0.3, -0.25) is 9.59 Å². The fourth-order valence-electron chi connectivity index (χ4n) is 4.64. The van der Waals surface area contributed by atoms with Gasteiger partial charge in [0.25, 0.3) is 5.91 Å². The minimum atomic E-state index is -3.59. The van der Waals surface area contributed by atoms with E-state index in [1.807, 2.05) is 6.07 Å². The highest BCUT2D eigenvalue weighted by Crippen LogP contribution is 2.30. The highest BCUT2D eigenvalue weighted by Gasteiger charge is 2.30. The van der Waals surface area contributed by atoms with Gasteiger partial charge in [0.05, 0.1) is 17.6 Å². The van der Waals surface area contributed by atoms with Crippen molar-refractivity contribution in [2.24, 2.45) is 0 Å². The lowest BCUT2D eigenvalue weighted by atomic mass is 10.0. The van der Waals surface area contributed by atoms with Crippen molar-refractivity contribution in [2.45, 2.75) is 30.6 Å². The zero-order valence-electron chi connectivity index (χ0n) is 18.7. The monoisotopic (exact) mass is 482 g/mol. The van der Waals surface area contributed by atoms with E-state index in [9.17, 15) is 18.0 Å². The Hall–Kier alpha value is -3.17. The van der Waals surface area contributed by atoms with Crippen LogP contribution < -0.4 is 0 Å². The standard InChI is InChI=1S/C25H26N2O6S/c28-24(26-9-11-27(12-10-26)34(30,31)21-7-2-1-3-8-21)17-33-25(29)15-20-16-32-23-14-19-6-4-5-18(19)13-22(20)23/h1-3,7-8,13-14,16H,4-6,9-12,15,17H2. The van der Waals surface area contributed by atoms with Gasteiger partial charge >= 0.3 is 5.97 Å². The summed E-state index contributed by atoms with van der Waals surface area (Å²) in [4.78, 5) is 26.7. The van der Waals surface area contributed by atoms with Gasteiger partial charge in [-0.1, -0.05) is 18.2 Å². The van der Waals surface area contributed by atoms with E-state index < -0.39 is 16.0 Å². The van der Waals surface area contributed by atoms with E-state index in [-0.39, 0.29) is 50.0 Å². The summed E-state index contributed by atoms with van der Waals surface area (Å²) in [5.41, 5.74) is 4.12. The van der Waals surface area contributed by atoms with E-state index in [1.54, 1.807) is 36.6 Å². The molecule has 0 spiro atoms. The molecule has 0 radical (unpaired) electrons. The average Bonchev–Trinajstić information content (AvgIpc) is 3.48. The molecule has 0 N–H and O–H groups in total. The number of hydrogen-bond donors (Lipinski definition) is 0. The molecule has 0 bridgehead atoms. The smallest absolute Gasteiger partial charge is 0.310 e. The number of nitrogens with zero attached hydrogens (tertiary/aromatic N) is 2. The lowest BCUT2D eigenvalue weighted by molar-refractivity contribution is -0.152. The average molecular weight is 483 g/mol. The zero-order valence-corrected chi connectivity index (χ0v) is 19.6. The second kappa shape index (κ2) is 9.23. The summed E-state index contributed by atoms with van der Waals surface area (Å²) in [5.74, 6) is -0.832.